The third-order valence-corrected chi connectivity index (χ3v) is 4.69. The normalized spacial score (nSPS) is 45.1. The lowest BCUT2D eigenvalue weighted by Crippen LogP contribution is -2.47. The molecular weight excluding hydrogens is 218 g/mol. The molecule has 0 aliphatic heterocycles. The Bertz CT molecular complexity index is 302. The Labute approximate surface area is 102 Å². The monoisotopic (exact) mass is 237 g/mol. The fourth-order valence-electron chi connectivity index (χ4n) is 4.57. The van der Waals surface area contributed by atoms with E-state index in [0.717, 1.165) is 17.8 Å². The fraction of sp³-hybridized carbons (Fsp3) is 0.833. The Kier molecular flexibility index (Phi) is 2.42. The van der Waals surface area contributed by atoms with Crippen molar-refractivity contribution >= 4 is 23.5 Å². The van der Waals surface area contributed by atoms with Crippen molar-refractivity contribution in [2.75, 3.05) is 0 Å². The van der Waals surface area contributed by atoms with Crippen LogP contribution in [0.1, 0.15) is 38.5 Å². The molecule has 0 amide bonds. The van der Waals surface area contributed by atoms with Crippen molar-refractivity contribution < 1.29 is 0 Å². The van der Waals surface area contributed by atoms with Crippen LogP contribution in [-0.4, -0.2) is 11.3 Å². The number of nitrogens with one attached hydrogen (secondary N) is 1. The van der Waals surface area contributed by atoms with Crippen LogP contribution in [0.15, 0.2) is 5.10 Å². The summed E-state index contributed by atoms with van der Waals surface area (Å²) in [6, 6.07) is 0. The predicted molar refractivity (Wildman–Crippen MR) is 69.0 cm³/mol. The van der Waals surface area contributed by atoms with Gasteiger partial charge in [-0.05, 0) is 68.5 Å². The maximum atomic E-state index is 5.38. The molecule has 4 saturated carbocycles. The van der Waals surface area contributed by atoms with E-state index < -0.39 is 0 Å². The number of hydrazone groups is 1. The van der Waals surface area contributed by atoms with Crippen LogP contribution < -0.4 is 11.2 Å². The van der Waals surface area contributed by atoms with Crippen LogP contribution in [0.3, 0.4) is 0 Å². The van der Waals surface area contributed by atoms with E-state index in [1.54, 1.807) is 0 Å². The molecule has 0 atom stereocenters. The van der Waals surface area contributed by atoms with Crippen LogP contribution in [0, 0.1) is 23.2 Å². The van der Waals surface area contributed by atoms with Crippen molar-refractivity contribution in [1.82, 2.24) is 5.43 Å². The number of hydrogen-bond acceptors (Lipinski definition) is 2. The van der Waals surface area contributed by atoms with Gasteiger partial charge >= 0.3 is 0 Å². The van der Waals surface area contributed by atoms with Crippen molar-refractivity contribution in [1.29, 1.82) is 0 Å². The van der Waals surface area contributed by atoms with Gasteiger partial charge in [0.2, 0.25) is 0 Å². The molecule has 4 rings (SSSR count). The van der Waals surface area contributed by atoms with Gasteiger partial charge in [0, 0.05) is 11.6 Å². The summed E-state index contributed by atoms with van der Waals surface area (Å²) in [6.07, 6.45) is 10.5. The molecule has 88 valence electrons. The van der Waals surface area contributed by atoms with Crippen molar-refractivity contribution in [3.05, 3.63) is 0 Å². The first-order valence-electron chi connectivity index (χ1n) is 6.25. The average Bonchev–Trinajstić information content (AvgIpc) is 2.13. The first-order valence-corrected chi connectivity index (χ1v) is 6.66. The SMILES string of the molecule is NC(=S)N/N=C\C12CC3CC(CC(C3)C1)C2. The summed E-state index contributed by atoms with van der Waals surface area (Å²) in [5.41, 5.74) is 8.44. The van der Waals surface area contributed by atoms with E-state index in [4.69, 9.17) is 18.0 Å². The van der Waals surface area contributed by atoms with Crippen LogP contribution in [0.4, 0.5) is 0 Å². The highest BCUT2D eigenvalue weighted by atomic mass is 32.1. The molecule has 0 heterocycles. The summed E-state index contributed by atoms with van der Waals surface area (Å²) in [4.78, 5) is 0. The van der Waals surface area contributed by atoms with Gasteiger partial charge in [-0.2, -0.15) is 5.10 Å². The van der Waals surface area contributed by atoms with Gasteiger partial charge in [-0.25, -0.2) is 0 Å². The van der Waals surface area contributed by atoms with Gasteiger partial charge in [-0.1, -0.05) is 0 Å². The summed E-state index contributed by atoms with van der Waals surface area (Å²) in [7, 11) is 0. The average molecular weight is 237 g/mol. The van der Waals surface area contributed by atoms with Crippen molar-refractivity contribution in [2.45, 2.75) is 38.5 Å². The lowest BCUT2D eigenvalue weighted by molar-refractivity contribution is -0.00975. The predicted octanol–water partition coefficient (Wildman–Crippen LogP) is 2.02. The first-order chi connectivity index (χ1) is 7.65. The number of thiocarbonyl (C=S) groups is 1. The molecule has 4 aliphatic rings. The molecule has 0 aromatic carbocycles. The third kappa shape index (κ3) is 1.83. The molecule has 4 aliphatic carbocycles. The van der Waals surface area contributed by atoms with Gasteiger partial charge in [0.15, 0.2) is 5.11 Å². The standard InChI is InChI=1S/C12H19N3S/c13-11(16)15-14-7-12-4-8-1-9(5-12)3-10(2-8)6-12/h7-10H,1-6H2,(H3,13,15,16)/b14-7-. The van der Waals surface area contributed by atoms with Gasteiger partial charge in [-0.3, -0.25) is 5.43 Å². The number of rotatable bonds is 2. The molecule has 0 aromatic rings. The minimum absolute atomic E-state index is 0.265. The third-order valence-electron chi connectivity index (χ3n) is 4.60. The Morgan fingerprint density at radius 2 is 1.69 bits per heavy atom. The van der Waals surface area contributed by atoms with Gasteiger partial charge in [0.25, 0.3) is 0 Å². The second-order valence-corrected chi connectivity index (χ2v) is 6.45. The molecule has 16 heavy (non-hydrogen) atoms. The Morgan fingerprint density at radius 1 is 1.19 bits per heavy atom. The Morgan fingerprint density at radius 3 is 2.12 bits per heavy atom. The van der Waals surface area contributed by atoms with Gasteiger partial charge in [0.1, 0.15) is 0 Å². The lowest BCUT2D eigenvalue weighted by Gasteiger charge is -2.55. The maximum Gasteiger partial charge on any atom is 0.184 e. The summed E-state index contributed by atoms with van der Waals surface area (Å²) in [6.45, 7) is 0. The smallest absolute Gasteiger partial charge is 0.184 e. The zero-order chi connectivity index (χ0) is 11.2. The molecular formula is C12H19N3S. The van der Waals surface area contributed by atoms with Crippen molar-refractivity contribution in [3.8, 4) is 0 Å². The molecule has 0 unspecified atom stereocenters. The zero-order valence-electron chi connectivity index (χ0n) is 9.48. The molecule has 0 radical (unpaired) electrons. The van der Waals surface area contributed by atoms with Gasteiger partial charge < -0.3 is 5.73 Å². The van der Waals surface area contributed by atoms with Gasteiger partial charge in [0.05, 0.1) is 0 Å². The largest absolute Gasteiger partial charge is 0.375 e. The molecule has 3 nitrogen and oxygen atoms in total. The molecule has 0 saturated heterocycles. The number of nitrogens with two attached hydrogens (primary N) is 1. The van der Waals surface area contributed by atoms with E-state index >= 15 is 0 Å². The first kappa shape index (κ1) is 10.5. The lowest BCUT2D eigenvalue weighted by atomic mass is 9.50. The minimum atomic E-state index is 0.265. The molecule has 4 heteroatoms. The second kappa shape index (κ2) is 3.69. The Hall–Kier alpha value is -0.640. The highest BCUT2D eigenvalue weighted by Gasteiger charge is 2.50. The second-order valence-electron chi connectivity index (χ2n) is 6.01. The van der Waals surface area contributed by atoms with Crippen LogP contribution in [-0.2, 0) is 0 Å². The van der Waals surface area contributed by atoms with E-state index in [-0.39, 0.29) is 5.11 Å². The molecule has 3 N–H and O–H groups in total. The zero-order valence-corrected chi connectivity index (χ0v) is 10.3. The molecule has 0 aromatic heterocycles. The molecule has 4 fully saturated rings. The highest BCUT2D eigenvalue weighted by Crippen LogP contribution is 2.59. The van der Waals surface area contributed by atoms with E-state index in [1.807, 2.05) is 0 Å². The van der Waals surface area contributed by atoms with Crippen LogP contribution in [0.5, 0.6) is 0 Å². The molecule has 0 spiro atoms. The van der Waals surface area contributed by atoms with E-state index in [1.165, 1.54) is 38.5 Å². The van der Waals surface area contributed by atoms with E-state index in [9.17, 15) is 0 Å². The summed E-state index contributed by atoms with van der Waals surface area (Å²) in [5.74, 6) is 2.88. The van der Waals surface area contributed by atoms with Crippen molar-refractivity contribution in [3.63, 3.8) is 0 Å². The quantitative estimate of drug-likeness (QED) is 0.439. The summed E-state index contributed by atoms with van der Waals surface area (Å²) >= 11 is 4.76. The fourth-order valence-corrected chi connectivity index (χ4v) is 4.62. The number of nitrogens with zero attached hydrogens (tertiary/aromatic N) is 1. The summed E-state index contributed by atoms with van der Waals surface area (Å²) < 4.78 is 0. The van der Waals surface area contributed by atoms with Crippen molar-refractivity contribution in [2.24, 2.45) is 34.0 Å². The van der Waals surface area contributed by atoms with Crippen LogP contribution in [0.2, 0.25) is 0 Å². The number of hydrogen-bond donors (Lipinski definition) is 2. The van der Waals surface area contributed by atoms with Crippen LogP contribution >= 0.6 is 12.2 Å². The molecule has 4 bridgehead atoms. The van der Waals surface area contributed by atoms with Crippen LogP contribution in [0.25, 0.3) is 0 Å². The summed E-state index contributed by atoms with van der Waals surface area (Å²) in [5, 5.41) is 4.48. The van der Waals surface area contributed by atoms with Gasteiger partial charge in [-0.15, -0.1) is 0 Å². The Balaban J connectivity index is 1.73. The van der Waals surface area contributed by atoms with E-state index in [2.05, 4.69) is 16.7 Å². The highest BCUT2D eigenvalue weighted by molar-refractivity contribution is 7.80. The van der Waals surface area contributed by atoms with E-state index in [0.29, 0.717) is 5.41 Å². The minimum Gasteiger partial charge on any atom is -0.375 e. The topological polar surface area (TPSA) is 50.4 Å². The maximum absolute atomic E-state index is 5.38.